The van der Waals surface area contributed by atoms with E-state index in [0.717, 1.165) is 32.1 Å². The lowest BCUT2D eigenvalue weighted by Crippen LogP contribution is -2.68. The summed E-state index contributed by atoms with van der Waals surface area (Å²) in [6.45, 7) is 6.60. The number of hydrogen-bond donors (Lipinski definition) is 14. The summed E-state index contributed by atoms with van der Waals surface area (Å²) in [5.41, 5.74) is -0.460. The molecule has 24 nitrogen and oxygen atoms in total. The van der Waals surface area contributed by atoms with E-state index in [0.29, 0.717) is 30.8 Å². The van der Waals surface area contributed by atoms with Crippen LogP contribution in [0.2, 0.25) is 0 Å². The summed E-state index contributed by atoms with van der Waals surface area (Å²) >= 11 is 0. The highest BCUT2D eigenvalue weighted by atomic mass is 16.8. The van der Waals surface area contributed by atoms with Gasteiger partial charge in [-0.25, -0.2) is 0 Å². The van der Waals surface area contributed by atoms with Crippen LogP contribution in [0.5, 0.6) is 0 Å². The number of hydrogen-bond acceptors (Lipinski definition) is 24. The van der Waals surface area contributed by atoms with Crippen molar-refractivity contribution in [3.8, 4) is 0 Å². The largest absolute Gasteiger partial charge is 0.394 e. The first-order valence-electron chi connectivity index (χ1n) is 26.9. The highest BCUT2D eigenvalue weighted by molar-refractivity contribution is 5.17. The molecule has 0 bridgehead atoms. The molecule has 6 aliphatic heterocycles. The van der Waals surface area contributed by atoms with Crippen LogP contribution in [0.4, 0.5) is 0 Å². The van der Waals surface area contributed by atoms with Crippen LogP contribution in [-0.4, -0.2) is 251 Å². The zero-order valence-corrected chi connectivity index (χ0v) is 42.4. The zero-order chi connectivity index (χ0) is 53.1. The third kappa shape index (κ3) is 9.45. The zero-order valence-electron chi connectivity index (χ0n) is 42.4. The van der Waals surface area contributed by atoms with Crippen molar-refractivity contribution in [3.63, 3.8) is 0 Å². The van der Waals surface area contributed by atoms with Crippen molar-refractivity contribution < 1.29 is 119 Å². The molecule has 24 heteroatoms. The Morgan fingerprint density at radius 2 is 1.12 bits per heavy atom. The number of rotatable bonds is 11. The number of fused-ring (bicyclic) bond motifs is 7. The molecule has 0 unspecified atom stereocenters. The van der Waals surface area contributed by atoms with Crippen LogP contribution in [0.25, 0.3) is 0 Å². The normalized spacial score (nSPS) is 58.6. The van der Waals surface area contributed by atoms with Gasteiger partial charge in [-0.3, -0.25) is 0 Å². The quantitative estimate of drug-likeness (QED) is 0.0870. The van der Waals surface area contributed by atoms with Crippen LogP contribution in [0, 0.1) is 52.3 Å². The number of ether oxygens (including phenoxy) is 10. The minimum atomic E-state index is -2.04. The van der Waals surface area contributed by atoms with Crippen molar-refractivity contribution in [1.29, 1.82) is 0 Å². The van der Waals surface area contributed by atoms with Crippen LogP contribution in [0.3, 0.4) is 0 Å². The Morgan fingerprint density at radius 3 is 1.81 bits per heavy atom. The van der Waals surface area contributed by atoms with Gasteiger partial charge < -0.3 is 119 Å². The fourth-order valence-corrected chi connectivity index (χ4v) is 16.0. The van der Waals surface area contributed by atoms with E-state index in [9.17, 15) is 71.5 Å². The van der Waals surface area contributed by atoms with E-state index in [4.69, 9.17) is 47.4 Å². The molecule has 33 atom stereocenters. The van der Waals surface area contributed by atoms with Crippen molar-refractivity contribution in [3.05, 3.63) is 0 Å². The molecule has 6 saturated heterocycles. The van der Waals surface area contributed by atoms with Gasteiger partial charge in [-0.05, 0) is 91.3 Å². The summed E-state index contributed by atoms with van der Waals surface area (Å²) in [4.78, 5) is 0. The molecule has 10 fully saturated rings. The van der Waals surface area contributed by atoms with Gasteiger partial charge in [0.05, 0.1) is 57.5 Å². The monoisotopic (exact) mass is 1070 g/mol. The molecule has 4 aliphatic carbocycles. The van der Waals surface area contributed by atoms with Gasteiger partial charge in [0, 0.05) is 12.3 Å². The summed E-state index contributed by atoms with van der Waals surface area (Å²) < 4.78 is 60.9. The second-order valence-corrected chi connectivity index (χ2v) is 24.2. The Balaban J connectivity index is 0.834. The average molecular weight is 1070 g/mol. The third-order valence-corrected chi connectivity index (χ3v) is 20.0. The average Bonchev–Trinajstić information content (AvgIpc) is 3.82. The second kappa shape index (κ2) is 21.5. The molecule has 0 aromatic heterocycles. The van der Waals surface area contributed by atoms with Crippen molar-refractivity contribution in [2.75, 3.05) is 33.0 Å². The van der Waals surface area contributed by atoms with Crippen molar-refractivity contribution in [2.24, 2.45) is 52.3 Å². The van der Waals surface area contributed by atoms with E-state index in [1.165, 1.54) is 0 Å². The molecule has 10 aliphatic rings. The summed E-state index contributed by atoms with van der Waals surface area (Å²) in [5.74, 6) is 0.989. The molecule has 74 heavy (non-hydrogen) atoms. The first-order valence-corrected chi connectivity index (χ1v) is 26.9. The van der Waals surface area contributed by atoms with Gasteiger partial charge in [0.2, 0.25) is 0 Å². The number of aliphatic hydroxyl groups is 14. The third-order valence-electron chi connectivity index (χ3n) is 20.0. The van der Waals surface area contributed by atoms with Crippen LogP contribution < -0.4 is 0 Å². The molecule has 10 rings (SSSR count). The molecular formula is C50H82O24. The van der Waals surface area contributed by atoms with Gasteiger partial charge in [0.1, 0.15) is 91.6 Å². The summed E-state index contributed by atoms with van der Waals surface area (Å²) in [7, 11) is 0. The minimum absolute atomic E-state index is 0.00497. The maximum Gasteiger partial charge on any atom is 0.187 e. The van der Waals surface area contributed by atoms with Gasteiger partial charge >= 0.3 is 0 Å². The summed E-state index contributed by atoms with van der Waals surface area (Å²) in [6.07, 6.45) is -31.1. The predicted molar refractivity (Wildman–Crippen MR) is 245 cm³/mol. The standard InChI is InChI=1S/C50H82O24/c1-18-5-8-50(66-16-18)19(2)32-28(74-50)10-22-20-9-24(54)23-11-27(25(55)12-49(23,4)21(20)6-7-48(22,32)3)67-45-40(64)37(61)41(31(15-53)70-45)71-47-43(73-46-39(63)36(60)34(58)29(13-51)68-46)42(35(59)30(14-52)69-47)72-44-38(62)33(57)26(56)17-65-44/h18-47,51-64H,5-17H2,1-4H3/t18-,19+,20-,21+,22+,23-,24-,25-,26-,27-,28+,29-,30-,31-,32+,33+,34+,35-,36+,37-,38-,39-,40-,41-,42+,43-,44+,45-,46+,47+,48+,49-,50-/m1/s1. The van der Waals surface area contributed by atoms with E-state index in [1.807, 2.05) is 0 Å². The Bertz CT molecular complexity index is 1900. The van der Waals surface area contributed by atoms with Gasteiger partial charge in [-0.15, -0.1) is 0 Å². The Morgan fingerprint density at radius 1 is 0.500 bits per heavy atom. The van der Waals surface area contributed by atoms with Crippen LogP contribution in [0.1, 0.15) is 79.1 Å². The molecule has 1 spiro atoms. The lowest BCUT2D eigenvalue weighted by molar-refractivity contribution is -0.404. The van der Waals surface area contributed by atoms with Crippen molar-refractivity contribution in [2.45, 2.75) is 226 Å². The van der Waals surface area contributed by atoms with E-state index in [2.05, 4.69) is 27.7 Å². The number of aliphatic hydroxyl groups excluding tert-OH is 14. The first kappa shape index (κ1) is 56.3. The molecule has 426 valence electrons. The fourth-order valence-electron chi connectivity index (χ4n) is 16.0. The Labute approximate surface area is 429 Å². The van der Waals surface area contributed by atoms with Gasteiger partial charge in [0.25, 0.3) is 0 Å². The van der Waals surface area contributed by atoms with Crippen LogP contribution in [-0.2, 0) is 47.4 Å². The molecular weight excluding hydrogens is 985 g/mol. The molecule has 6 heterocycles. The molecule has 14 N–H and O–H groups in total. The summed E-state index contributed by atoms with van der Waals surface area (Å²) in [6, 6.07) is 0. The van der Waals surface area contributed by atoms with E-state index in [1.54, 1.807) is 0 Å². The predicted octanol–water partition coefficient (Wildman–Crippen LogP) is -4.33. The van der Waals surface area contributed by atoms with E-state index in [-0.39, 0.29) is 48.0 Å². The first-order chi connectivity index (χ1) is 35.1. The van der Waals surface area contributed by atoms with E-state index < -0.39 is 173 Å². The topological polar surface area (TPSA) is 376 Å². The van der Waals surface area contributed by atoms with Crippen LogP contribution in [0.15, 0.2) is 0 Å². The Hall–Kier alpha value is -0.960. The van der Waals surface area contributed by atoms with Gasteiger partial charge in [-0.1, -0.05) is 27.7 Å². The molecule has 0 aromatic carbocycles. The minimum Gasteiger partial charge on any atom is -0.394 e. The lowest BCUT2D eigenvalue weighted by Gasteiger charge is -2.63. The molecule has 4 saturated carbocycles. The summed E-state index contributed by atoms with van der Waals surface area (Å²) in [5, 5.41) is 153. The fraction of sp³-hybridized carbons (Fsp3) is 1.00. The molecule has 0 amide bonds. The smallest absolute Gasteiger partial charge is 0.187 e. The maximum absolute atomic E-state index is 12.1. The highest BCUT2D eigenvalue weighted by Gasteiger charge is 2.70. The second-order valence-electron chi connectivity index (χ2n) is 24.2. The SMILES string of the molecule is C[C@@H]1CC[C@@]2(OC1)O[C@H]1C[C@H]3[C@@H]4C[C@@H](O)[C@H]5C[C@@H](O[C@@H]6O[C@H](CO)[C@@H](O[C@@H]7O[C@H](CO)[C@@H](O)[C@H](O[C@@H]8OC[C@@H](O)[C@H](O)[C@H]8O)[C@H]7O[C@@H]7O[C@H](CO)[C@H](O)[C@H](O)[C@H]7O)[C@H](O)[C@H]6O)[C@H](O)C[C@]5(C)[C@H]4CC[C@]3(C)[C@H]1[C@@H]2C. The maximum atomic E-state index is 12.1. The highest BCUT2D eigenvalue weighted by Crippen LogP contribution is 2.71. The van der Waals surface area contributed by atoms with Crippen molar-refractivity contribution in [1.82, 2.24) is 0 Å². The van der Waals surface area contributed by atoms with Gasteiger partial charge in [0.15, 0.2) is 30.9 Å². The van der Waals surface area contributed by atoms with E-state index >= 15 is 0 Å². The van der Waals surface area contributed by atoms with Crippen molar-refractivity contribution >= 4 is 0 Å². The van der Waals surface area contributed by atoms with Gasteiger partial charge in [-0.2, -0.15) is 0 Å². The van der Waals surface area contributed by atoms with Crippen LogP contribution >= 0.6 is 0 Å². The molecule has 0 aromatic rings. The molecule has 0 radical (unpaired) electrons. The lowest BCUT2D eigenvalue weighted by atomic mass is 9.43. The Kier molecular flexibility index (Phi) is 16.4.